The van der Waals surface area contributed by atoms with Crippen molar-refractivity contribution in [1.29, 1.82) is 0 Å². The molecule has 0 aromatic carbocycles. The number of halogens is 2. The third-order valence-electron chi connectivity index (χ3n) is 1.88. The van der Waals surface area contributed by atoms with Crippen LogP contribution in [0.1, 0.15) is 6.92 Å². The Balaban J connectivity index is 0.00000169. The Morgan fingerprint density at radius 2 is 1.93 bits per heavy atom. The Morgan fingerprint density at radius 3 is 2.36 bits per heavy atom. The summed E-state index contributed by atoms with van der Waals surface area (Å²) in [5, 5.41) is 0. The van der Waals surface area contributed by atoms with Gasteiger partial charge in [0.05, 0.1) is 12.4 Å². The van der Waals surface area contributed by atoms with Gasteiger partial charge < -0.3 is 9.80 Å². The maximum Gasteiger partial charge on any atom is 0.234 e. The van der Waals surface area contributed by atoms with Crippen LogP contribution in [0.5, 0.6) is 0 Å². The van der Waals surface area contributed by atoms with Crippen molar-refractivity contribution in [3.05, 3.63) is 12.4 Å². The number of hydrogen-bond donors (Lipinski definition) is 0. The molecule has 14 heavy (non-hydrogen) atoms. The molecule has 1 heterocycles. The molecule has 1 rings (SSSR count). The maximum absolute atomic E-state index is 10.6. The fourth-order valence-electron chi connectivity index (χ4n) is 1.09. The largest absolute Gasteiger partial charge is 0.359 e. The van der Waals surface area contributed by atoms with E-state index in [0.717, 1.165) is 13.2 Å². The number of nitrogens with zero attached hydrogens (tertiary/aromatic N) is 2. The number of hydrogen-bond acceptors (Lipinski definition) is 4. The summed E-state index contributed by atoms with van der Waals surface area (Å²) in [5.41, 5.74) is 0. The SMILES string of the molecule is CCN1C=CN(CCS(=O)(=O)Cl)C1.Cl. The normalized spacial score (nSPS) is 15.9. The van der Waals surface area contributed by atoms with E-state index in [-0.39, 0.29) is 18.2 Å². The minimum absolute atomic E-state index is 0. The van der Waals surface area contributed by atoms with E-state index in [4.69, 9.17) is 10.7 Å². The second-order valence-electron chi connectivity index (χ2n) is 2.90. The van der Waals surface area contributed by atoms with Crippen molar-refractivity contribution in [2.45, 2.75) is 6.92 Å². The zero-order valence-corrected chi connectivity index (χ0v) is 10.3. The van der Waals surface area contributed by atoms with Crippen molar-refractivity contribution in [3.63, 3.8) is 0 Å². The van der Waals surface area contributed by atoms with Gasteiger partial charge in [-0.3, -0.25) is 0 Å². The van der Waals surface area contributed by atoms with Crippen LogP contribution >= 0.6 is 23.1 Å². The van der Waals surface area contributed by atoms with E-state index in [9.17, 15) is 8.42 Å². The van der Waals surface area contributed by atoms with Gasteiger partial charge in [0.2, 0.25) is 9.05 Å². The molecule has 0 spiro atoms. The highest BCUT2D eigenvalue weighted by molar-refractivity contribution is 8.13. The van der Waals surface area contributed by atoms with Gasteiger partial charge in [-0.1, -0.05) is 0 Å². The Bertz CT molecular complexity index is 292. The average Bonchev–Trinajstić information content (AvgIpc) is 2.47. The van der Waals surface area contributed by atoms with Gasteiger partial charge in [0, 0.05) is 36.2 Å². The molecule has 7 heteroatoms. The molecule has 0 radical (unpaired) electrons. The molecule has 84 valence electrons. The van der Waals surface area contributed by atoms with Crippen LogP contribution in [0.15, 0.2) is 12.4 Å². The Kier molecular flexibility index (Phi) is 5.63. The van der Waals surface area contributed by atoms with Crippen molar-refractivity contribution in [2.24, 2.45) is 0 Å². The molecule has 0 fully saturated rings. The van der Waals surface area contributed by atoms with Gasteiger partial charge >= 0.3 is 0 Å². The van der Waals surface area contributed by atoms with Crippen LogP contribution in [0.3, 0.4) is 0 Å². The fraction of sp³-hybridized carbons (Fsp3) is 0.714. The van der Waals surface area contributed by atoms with Crippen LogP contribution in [0, 0.1) is 0 Å². The Labute approximate surface area is 95.3 Å². The summed E-state index contributed by atoms with van der Waals surface area (Å²) in [7, 11) is 1.73. The minimum Gasteiger partial charge on any atom is -0.359 e. The molecule has 0 bridgehead atoms. The molecular formula is C7H14Cl2N2O2S. The first kappa shape index (κ1) is 13.9. The predicted octanol–water partition coefficient (Wildman–Crippen LogP) is 1.04. The van der Waals surface area contributed by atoms with E-state index < -0.39 is 9.05 Å². The first-order valence-electron chi connectivity index (χ1n) is 4.10. The summed E-state index contributed by atoms with van der Waals surface area (Å²) in [4.78, 5) is 4.00. The molecule has 0 aliphatic carbocycles. The van der Waals surface area contributed by atoms with Crippen molar-refractivity contribution in [3.8, 4) is 0 Å². The molecular weight excluding hydrogens is 247 g/mol. The molecule has 0 unspecified atom stereocenters. The van der Waals surface area contributed by atoms with Crippen LogP contribution < -0.4 is 0 Å². The Hall–Kier alpha value is -0.130. The van der Waals surface area contributed by atoms with Crippen LogP contribution in [-0.2, 0) is 9.05 Å². The first-order valence-corrected chi connectivity index (χ1v) is 6.58. The standard InChI is InChI=1S/C7H13ClN2O2S.ClH/c1-2-9-3-4-10(7-9)5-6-13(8,11)12;/h3-4H,2,5-7H2,1H3;1H. The number of rotatable bonds is 4. The van der Waals surface area contributed by atoms with E-state index in [0.29, 0.717) is 6.54 Å². The molecule has 0 aromatic heterocycles. The van der Waals surface area contributed by atoms with E-state index in [1.807, 2.05) is 24.2 Å². The van der Waals surface area contributed by atoms with Crippen molar-refractivity contribution in [2.75, 3.05) is 25.5 Å². The van der Waals surface area contributed by atoms with Crippen molar-refractivity contribution in [1.82, 2.24) is 9.80 Å². The molecule has 1 aliphatic heterocycles. The molecule has 0 saturated heterocycles. The van der Waals surface area contributed by atoms with Crippen LogP contribution in [-0.4, -0.2) is 43.7 Å². The molecule has 0 aromatic rings. The van der Waals surface area contributed by atoms with Crippen LogP contribution in [0.4, 0.5) is 0 Å². The lowest BCUT2D eigenvalue weighted by Gasteiger charge is -2.18. The van der Waals surface area contributed by atoms with E-state index in [1.54, 1.807) is 0 Å². The second-order valence-corrected chi connectivity index (χ2v) is 5.80. The van der Waals surface area contributed by atoms with Gasteiger partial charge in [0.25, 0.3) is 0 Å². The summed E-state index contributed by atoms with van der Waals surface area (Å²) in [5.74, 6) is -0.00352. The van der Waals surface area contributed by atoms with Crippen molar-refractivity contribution < 1.29 is 8.42 Å². The highest BCUT2D eigenvalue weighted by Gasteiger charge is 2.13. The topological polar surface area (TPSA) is 40.6 Å². The van der Waals surface area contributed by atoms with Gasteiger partial charge in [0.1, 0.15) is 0 Å². The molecule has 4 nitrogen and oxygen atoms in total. The molecule has 0 N–H and O–H groups in total. The third kappa shape index (κ3) is 4.93. The van der Waals surface area contributed by atoms with Gasteiger partial charge in [-0.15, -0.1) is 12.4 Å². The van der Waals surface area contributed by atoms with Gasteiger partial charge in [-0.2, -0.15) is 0 Å². The van der Waals surface area contributed by atoms with Crippen molar-refractivity contribution >= 4 is 32.1 Å². The summed E-state index contributed by atoms with van der Waals surface area (Å²) in [6, 6.07) is 0. The van der Waals surface area contributed by atoms with Gasteiger partial charge in [-0.25, -0.2) is 8.42 Å². The van der Waals surface area contributed by atoms with E-state index in [2.05, 4.69) is 4.90 Å². The predicted molar refractivity (Wildman–Crippen MR) is 60.0 cm³/mol. The highest BCUT2D eigenvalue weighted by Crippen LogP contribution is 2.06. The van der Waals surface area contributed by atoms with Gasteiger partial charge in [-0.05, 0) is 6.92 Å². The highest BCUT2D eigenvalue weighted by atomic mass is 35.7. The molecule has 0 saturated carbocycles. The summed E-state index contributed by atoms with van der Waals surface area (Å²) in [6.07, 6.45) is 3.83. The monoisotopic (exact) mass is 260 g/mol. The fourth-order valence-corrected chi connectivity index (χ4v) is 1.75. The average molecular weight is 261 g/mol. The molecule has 0 amide bonds. The second kappa shape index (κ2) is 5.68. The summed E-state index contributed by atoms with van der Waals surface area (Å²) in [6.45, 7) is 4.19. The first-order chi connectivity index (χ1) is 6.01. The third-order valence-corrected chi connectivity index (χ3v) is 3.01. The minimum atomic E-state index is -3.36. The van der Waals surface area contributed by atoms with Gasteiger partial charge in [0.15, 0.2) is 0 Å². The molecule has 1 aliphatic rings. The Morgan fingerprint density at radius 1 is 1.36 bits per heavy atom. The summed E-state index contributed by atoms with van der Waals surface area (Å²) >= 11 is 0. The lowest BCUT2D eigenvalue weighted by molar-refractivity contribution is 0.283. The van der Waals surface area contributed by atoms with E-state index >= 15 is 0 Å². The van der Waals surface area contributed by atoms with Crippen LogP contribution in [0.2, 0.25) is 0 Å². The molecule has 0 atom stereocenters. The van der Waals surface area contributed by atoms with E-state index in [1.165, 1.54) is 0 Å². The maximum atomic E-state index is 10.6. The smallest absolute Gasteiger partial charge is 0.234 e. The quantitative estimate of drug-likeness (QED) is 0.709. The van der Waals surface area contributed by atoms with Crippen LogP contribution in [0.25, 0.3) is 0 Å². The lowest BCUT2D eigenvalue weighted by Crippen LogP contribution is -2.28. The zero-order chi connectivity index (χ0) is 9.90. The zero-order valence-electron chi connectivity index (χ0n) is 7.89. The summed E-state index contributed by atoms with van der Waals surface area (Å²) < 4.78 is 21.3. The lowest BCUT2D eigenvalue weighted by atomic mass is 10.6.